The van der Waals surface area contributed by atoms with Gasteiger partial charge in [-0.05, 0) is 54.6 Å². The Morgan fingerprint density at radius 1 is 0.935 bits per heavy atom. The molecule has 156 valence electrons. The van der Waals surface area contributed by atoms with Crippen LogP contribution in [0.2, 0.25) is 0 Å². The number of rotatable bonds is 6. The maximum atomic E-state index is 13.4. The molecule has 0 fully saturated rings. The SMILES string of the molecule is COc1ccc(NC(=O)c2cc(-c3ccncc3)n(-c3ccc(F)cc3)n2)cc1OC. The number of carbonyl (C=O) groups is 1. The van der Waals surface area contributed by atoms with Gasteiger partial charge in [0, 0.05) is 29.7 Å². The molecule has 2 aromatic heterocycles. The second kappa shape index (κ2) is 8.66. The molecule has 4 aromatic rings. The molecule has 0 spiro atoms. The number of halogens is 1. The zero-order chi connectivity index (χ0) is 21.8. The number of amides is 1. The van der Waals surface area contributed by atoms with Gasteiger partial charge < -0.3 is 14.8 Å². The van der Waals surface area contributed by atoms with Gasteiger partial charge in [0.05, 0.1) is 25.6 Å². The first-order valence-corrected chi connectivity index (χ1v) is 9.39. The van der Waals surface area contributed by atoms with Gasteiger partial charge in [-0.25, -0.2) is 9.07 Å². The van der Waals surface area contributed by atoms with Gasteiger partial charge in [0.15, 0.2) is 17.2 Å². The summed E-state index contributed by atoms with van der Waals surface area (Å²) < 4.78 is 25.5. The second-order valence-electron chi connectivity index (χ2n) is 6.56. The summed E-state index contributed by atoms with van der Waals surface area (Å²) in [5.74, 6) is 0.298. The molecule has 0 saturated heterocycles. The van der Waals surface area contributed by atoms with E-state index in [0.717, 1.165) is 5.56 Å². The Kier molecular flexibility index (Phi) is 5.61. The van der Waals surface area contributed by atoms with Crippen LogP contribution in [0.15, 0.2) is 73.1 Å². The third kappa shape index (κ3) is 4.23. The Morgan fingerprint density at radius 2 is 1.65 bits per heavy atom. The number of nitrogens with zero attached hydrogens (tertiary/aromatic N) is 3. The van der Waals surface area contributed by atoms with Gasteiger partial charge >= 0.3 is 0 Å². The highest BCUT2D eigenvalue weighted by Crippen LogP contribution is 2.30. The molecule has 2 aromatic carbocycles. The number of ether oxygens (including phenoxy) is 2. The highest BCUT2D eigenvalue weighted by atomic mass is 19.1. The predicted octanol–water partition coefficient (Wildman–Crippen LogP) is 4.34. The first kappa shape index (κ1) is 20.1. The minimum atomic E-state index is -0.400. The lowest BCUT2D eigenvalue weighted by molar-refractivity contribution is 0.102. The van der Waals surface area contributed by atoms with Crippen molar-refractivity contribution >= 4 is 11.6 Å². The van der Waals surface area contributed by atoms with Crippen molar-refractivity contribution in [3.63, 3.8) is 0 Å². The summed E-state index contributed by atoms with van der Waals surface area (Å²) in [6, 6.07) is 16.3. The summed E-state index contributed by atoms with van der Waals surface area (Å²) in [5, 5.41) is 7.28. The standard InChI is InChI=1S/C23H19FN4O3/c1-30-21-8-5-17(13-22(21)31-2)26-23(29)19-14-20(15-9-11-25-12-10-15)28(27-19)18-6-3-16(24)4-7-18/h3-14H,1-2H3,(H,26,29). The number of aromatic nitrogens is 3. The van der Waals surface area contributed by atoms with E-state index in [-0.39, 0.29) is 11.5 Å². The summed E-state index contributed by atoms with van der Waals surface area (Å²) in [7, 11) is 3.06. The Hall–Kier alpha value is -4.20. The van der Waals surface area contributed by atoms with Crippen molar-refractivity contribution in [1.29, 1.82) is 0 Å². The first-order valence-electron chi connectivity index (χ1n) is 9.39. The summed E-state index contributed by atoms with van der Waals surface area (Å²) in [6.45, 7) is 0. The number of benzene rings is 2. The van der Waals surface area contributed by atoms with Gasteiger partial charge in [-0.1, -0.05) is 0 Å². The predicted molar refractivity (Wildman–Crippen MR) is 114 cm³/mol. The lowest BCUT2D eigenvalue weighted by Crippen LogP contribution is -2.13. The van der Waals surface area contributed by atoms with E-state index in [1.165, 1.54) is 19.2 Å². The molecule has 0 bridgehead atoms. The summed E-state index contributed by atoms with van der Waals surface area (Å²) in [4.78, 5) is 17.0. The molecule has 0 unspecified atom stereocenters. The van der Waals surface area contributed by atoms with Crippen LogP contribution in [0, 0.1) is 5.82 Å². The lowest BCUT2D eigenvalue weighted by atomic mass is 10.1. The van der Waals surface area contributed by atoms with E-state index in [4.69, 9.17) is 9.47 Å². The number of hydrogen-bond donors (Lipinski definition) is 1. The van der Waals surface area contributed by atoms with Crippen LogP contribution < -0.4 is 14.8 Å². The van der Waals surface area contributed by atoms with Crippen molar-refractivity contribution < 1.29 is 18.7 Å². The zero-order valence-electron chi connectivity index (χ0n) is 16.9. The van der Waals surface area contributed by atoms with Gasteiger partial charge in [0.1, 0.15) is 5.82 Å². The Labute approximate surface area is 178 Å². The van der Waals surface area contributed by atoms with Crippen LogP contribution in [0.25, 0.3) is 16.9 Å². The Morgan fingerprint density at radius 3 is 2.32 bits per heavy atom. The fourth-order valence-electron chi connectivity index (χ4n) is 3.11. The van der Waals surface area contributed by atoms with Crippen LogP contribution in [0.4, 0.5) is 10.1 Å². The molecule has 0 aliphatic carbocycles. The van der Waals surface area contributed by atoms with Crippen molar-refractivity contribution in [2.45, 2.75) is 0 Å². The van der Waals surface area contributed by atoms with Gasteiger partial charge in [-0.2, -0.15) is 5.10 Å². The first-order chi connectivity index (χ1) is 15.1. The molecule has 7 nitrogen and oxygen atoms in total. The van der Waals surface area contributed by atoms with Crippen LogP contribution in [0.1, 0.15) is 10.5 Å². The average Bonchev–Trinajstić information content (AvgIpc) is 3.26. The van der Waals surface area contributed by atoms with Crippen LogP contribution in [-0.2, 0) is 0 Å². The fraction of sp³-hybridized carbons (Fsp3) is 0.0870. The molecule has 1 amide bonds. The number of methoxy groups -OCH3 is 2. The van der Waals surface area contributed by atoms with Gasteiger partial charge in [0.2, 0.25) is 0 Å². The Bertz CT molecular complexity index is 1210. The molecular formula is C23H19FN4O3. The molecule has 1 N–H and O–H groups in total. The number of anilines is 1. The fourth-order valence-corrected chi connectivity index (χ4v) is 3.11. The van der Waals surface area contributed by atoms with Crippen molar-refractivity contribution in [2.24, 2.45) is 0 Å². The maximum absolute atomic E-state index is 13.4. The summed E-state index contributed by atoms with van der Waals surface area (Å²) >= 11 is 0. The molecule has 0 saturated carbocycles. The number of nitrogens with one attached hydrogen (secondary N) is 1. The number of hydrogen-bond acceptors (Lipinski definition) is 5. The van der Waals surface area contributed by atoms with Crippen LogP contribution in [-0.4, -0.2) is 34.9 Å². The quantitative estimate of drug-likeness (QED) is 0.504. The minimum Gasteiger partial charge on any atom is -0.493 e. The van der Waals surface area contributed by atoms with E-state index >= 15 is 0 Å². The van der Waals surface area contributed by atoms with Crippen LogP contribution >= 0.6 is 0 Å². The van der Waals surface area contributed by atoms with E-state index in [2.05, 4.69) is 15.4 Å². The molecule has 2 heterocycles. The average molecular weight is 418 g/mol. The van der Waals surface area contributed by atoms with Crippen molar-refractivity contribution in [3.05, 3.63) is 84.6 Å². The van der Waals surface area contributed by atoms with Gasteiger partial charge in [-0.15, -0.1) is 0 Å². The summed E-state index contributed by atoms with van der Waals surface area (Å²) in [5.41, 5.74) is 2.84. The highest BCUT2D eigenvalue weighted by molar-refractivity contribution is 6.03. The van der Waals surface area contributed by atoms with E-state index in [0.29, 0.717) is 28.6 Å². The molecule has 0 radical (unpaired) electrons. The maximum Gasteiger partial charge on any atom is 0.276 e. The van der Waals surface area contributed by atoms with Gasteiger partial charge in [-0.3, -0.25) is 9.78 Å². The smallest absolute Gasteiger partial charge is 0.276 e. The third-order valence-corrected chi connectivity index (χ3v) is 4.63. The van der Waals surface area contributed by atoms with Crippen molar-refractivity contribution in [2.75, 3.05) is 19.5 Å². The minimum absolute atomic E-state index is 0.200. The molecule has 0 aliphatic heterocycles. The topological polar surface area (TPSA) is 78.3 Å². The largest absolute Gasteiger partial charge is 0.493 e. The molecule has 31 heavy (non-hydrogen) atoms. The van der Waals surface area contributed by atoms with Crippen molar-refractivity contribution in [1.82, 2.24) is 14.8 Å². The van der Waals surface area contributed by atoms with E-state index in [1.807, 2.05) is 12.1 Å². The normalized spacial score (nSPS) is 10.5. The number of carbonyl (C=O) groups excluding carboxylic acids is 1. The molecule has 4 rings (SSSR count). The van der Waals surface area contributed by atoms with Crippen LogP contribution in [0.5, 0.6) is 11.5 Å². The highest BCUT2D eigenvalue weighted by Gasteiger charge is 2.18. The molecule has 0 aliphatic rings. The van der Waals surface area contributed by atoms with Gasteiger partial charge in [0.25, 0.3) is 5.91 Å². The number of pyridine rings is 1. The van der Waals surface area contributed by atoms with E-state index in [9.17, 15) is 9.18 Å². The molecule has 8 heteroatoms. The van der Waals surface area contributed by atoms with E-state index in [1.54, 1.807) is 60.6 Å². The second-order valence-corrected chi connectivity index (χ2v) is 6.56. The van der Waals surface area contributed by atoms with E-state index < -0.39 is 5.91 Å². The van der Waals surface area contributed by atoms with Crippen molar-refractivity contribution in [3.8, 4) is 28.4 Å². The molecular weight excluding hydrogens is 399 g/mol. The Balaban J connectivity index is 1.70. The van der Waals surface area contributed by atoms with Crippen LogP contribution in [0.3, 0.4) is 0 Å². The lowest BCUT2D eigenvalue weighted by Gasteiger charge is -2.10. The summed E-state index contributed by atoms with van der Waals surface area (Å²) in [6.07, 6.45) is 3.31. The molecule has 0 atom stereocenters. The monoisotopic (exact) mass is 418 g/mol. The third-order valence-electron chi connectivity index (χ3n) is 4.63. The zero-order valence-corrected chi connectivity index (χ0v) is 16.9.